The van der Waals surface area contributed by atoms with Gasteiger partial charge in [-0.1, -0.05) is 30.3 Å². The van der Waals surface area contributed by atoms with Gasteiger partial charge in [0.1, 0.15) is 6.54 Å². The first-order valence-electron chi connectivity index (χ1n) is 6.52. The Balaban J connectivity index is 2.00. The Bertz CT molecular complexity index is 647. The zero-order valence-electron chi connectivity index (χ0n) is 12.0. The minimum Gasteiger partial charge on any atom is -0.370 e. The molecule has 0 bridgehead atoms. The number of benzene rings is 1. The number of nitrogens with zero attached hydrogens (tertiary/aromatic N) is 3. The molecule has 0 unspecified atom stereocenters. The number of nitrogens with two attached hydrogens (primary N) is 1. The summed E-state index contributed by atoms with van der Waals surface area (Å²) in [5.74, 6) is 0.395. The summed E-state index contributed by atoms with van der Waals surface area (Å²) in [5, 5.41) is 2.78. The SMILES string of the molecule is Cc1cc(C)nc(NC(N)=NCC(=O)c2ccccc2)n1. The van der Waals surface area contributed by atoms with E-state index in [1.54, 1.807) is 12.1 Å². The molecule has 21 heavy (non-hydrogen) atoms. The van der Waals surface area contributed by atoms with Crippen molar-refractivity contribution in [1.82, 2.24) is 9.97 Å². The molecule has 0 radical (unpaired) electrons. The quantitative estimate of drug-likeness (QED) is 0.506. The van der Waals surface area contributed by atoms with Crippen LogP contribution in [0, 0.1) is 13.8 Å². The van der Waals surface area contributed by atoms with E-state index in [1.165, 1.54) is 0 Å². The van der Waals surface area contributed by atoms with Crippen LogP contribution in [0.4, 0.5) is 5.95 Å². The van der Waals surface area contributed by atoms with E-state index in [-0.39, 0.29) is 18.3 Å². The van der Waals surface area contributed by atoms with Crippen LogP contribution in [-0.4, -0.2) is 28.3 Å². The maximum absolute atomic E-state index is 11.9. The van der Waals surface area contributed by atoms with Gasteiger partial charge in [-0.3, -0.25) is 10.1 Å². The van der Waals surface area contributed by atoms with Crippen LogP contribution in [0.15, 0.2) is 41.4 Å². The highest BCUT2D eigenvalue weighted by Crippen LogP contribution is 2.03. The fraction of sp³-hybridized carbons (Fsp3) is 0.200. The molecular weight excluding hydrogens is 266 g/mol. The lowest BCUT2D eigenvalue weighted by Gasteiger charge is -2.05. The molecule has 0 amide bonds. The lowest BCUT2D eigenvalue weighted by atomic mass is 10.1. The van der Waals surface area contributed by atoms with Gasteiger partial charge in [0.15, 0.2) is 11.7 Å². The Morgan fingerprint density at radius 2 is 1.81 bits per heavy atom. The summed E-state index contributed by atoms with van der Waals surface area (Å²) in [6.07, 6.45) is 0. The summed E-state index contributed by atoms with van der Waals surface area (Å²) in [6.45, 7) is 3.71. The standard InChI is InChI=1S/C15H17N5O/c1-10-8-11(2)19-15(18-10)20-14(16)17-9-13(21)12-6-4-3-5-7-12/h3-8H,9H2,1-2H3,(H3,16,17,18,19,20). The lowest BCUT2D eigenvalue weighted by Crippen LogP contribution is -2.25. The highest BCUT2D eigenvalue weighted by atomic mass is 16.1. The largest absolute Gasteiger partial charge is 0.370 e. The minimum absolute atomic E-state index is 0.0202. The van der Waals surface area contributed by atoms with Crippen LogP contribution in [-0.2, 0) is 0 Å². The minimum atomic E-state index is -0.0957. The first kappa shape index (κ1) is 14.6. The summed E-state index contributed by atoms with van der Waals surface area (Å²) < 4.78 is 0. The number of nitrogens with one attached hydrogen (secondary N) is 1. The highest BCUT2D eigenvalue weighted by Gasteiger charge is 2.05. The van der Waals surface area contributed by atoms with E-state index in [4.69, 9.17) is 5.73 Å². The van der Waals surface area contributed by atoms with Crippen LogP contribution in [0.25, 0.3) is 0 Å². The van der Waals surface area contributed by atoms with E-state index in [2.05, 4.69) is 20.3 Å². The lowest BCUT2D eigenvalue weighted by molar-refractivity contribution is 0.100. The Kier molecular flexibility index (Phi) is 4.61. The first-order valence-corrected chi connectivity index (χ1v) is 6.52. The average Bonchev–Trinajstić information content (AvgIpc) is 2.44. The molecule has 0 atom stereocenters. The molecule has 6 heteroatoms. The Morgan fingerprint density at radius 1 is 1.19 bits per heavy atom. The predicted molar refractivity (Wildman–Crippen MR) is 82.4 cm³/mol. The molecular formula is C15H17N5O. The van der Waals surface area contributed by atoms with E-state index < -0.39 is 0 Å². The van der Waals surface area contributed by atoms with E-state index in [0.29, 0.717) is 11.5 Å². The van der Waals surface area contributed by atoms with Gasteiger partial charge in [0.2, 0.25) is 5.95 Å². The van der Waals surface area contributed by atoms with Gasteiger partial charge >= 0.3 is 0 Å². The van der Waals surface area contributed by atoms with Crippen LogP contribution in [0.1, 0.15) is 21.7 Å². The fourth-order valence-electron chi connectivity index (χ4n) is 1.81. The number of hydrogen-bond donors (Lipinski definition) is 2. The molecule has 6 nitrogen and oxygen atoms in total. The summed E-state index contributed by atoms with van der Waals surface area (Å²) in [4.78, 5) is 24.3. The second kappa shape index (κ2) is 6.60. The number of aliphatic imine (C=N–C) groups is 1. The second-order valence-corrected chi connectivity index (χ2v) is 4.59. The van der Waals surface area contributed by atoms with Crippen LogP contribution in [0.2, 0.25) is 0 Å². The van der Waals surface area contributed by atoms with Crippen molar-refractivity contribution in [2.45, 2.75) is 13.8 Å². The smallest absolute Gasteiger partial charge is 0.229 e. The molecule has 0 fully saturated rings. The molecule has 0 saturated heterocycles. The molecule has 0 saturated carbocycles. The highest BCUT2D eigenvalue weighted by molar-refractivity contribution is 6.00. The van der Waals surface area contributed by atoms with Crippen molar-refractivity contribution < 1.29 is 4.79 Å². The second-order valence-electron chi connectivity index (χ2n) is 4.59. The molecule has 2 aromatic rings. The van der Waals surface area contributed by atoms with Crippen molar-refractivity contribution >= 4 is 17.7 Å². The Hall–Kier alpha value is -2.76. The van der Waals surface area contributed by atoms with Gasteiger partial charge < -0.3 is 5.73 Å². The third-order valence-electron chi connectivity index (χ3n) is 2.71. The van der Waals surface area contributed by atoms with E-state index in [1.807, 2.05) is 38.1 Å². The van der Waals surface area contributed by atoms with Crippen molar-refractivity contribution in [2.24, 2.45) is 10.7 Å². The number of aromatic nitrogens is 2. The number of Topliss-reactive ketones (excluding diaryl/α,β-unsaturated/α-hetero) is 1. The maximum Gasteiger partial charge on any atom is 0.229 e. The van der Waals surface area contributed by atoms with Gasteiger partial charge in [0, 0.05) is 17.0 Å². The topological polar surface area (TPSA) is 93.3 Å². The molecule has 1 heterocycles. The molecule has 0 aliphatic heterocycles. The van der Waals surface area contributed by atoms with Gasteiger partial charge in [0.25, 0.3) is 0 Å². The molecule has 0 spiro atoms. The van der Waals surface area contributed by atoms with E-state index in [9.17, 15) is 4.79 Å². The molecule has 108 valence electrons. The fourth-order valence-corrected chi connectivity index (χ4v) is 1.81. The van der Waals surface area contributed by atoms with Crippen molar-refractivity contribution in [3.63, 3.8) is 0 Å². The molecule has 0 aliphatic rings. The van der Waals surface area contributed by atoms with Gasteiger partial charge in [-0.05, 0) is 19.9 Å². The van der Waals surface area contributed by atoms with Crippen LogP contribution in [0.3, 0.4) is 0 Å². The third kappa shape index (κ3) is 4.38. The van der Waals surface area contributed by atoms with Crippen molar-refractivity contribution in [3.05, 3.63) is 53.3 Å². The van der Waals surface area contributed by atoms with Gasteiger partial charge in [0.05, 0.1) is 0 Å². The van der Waals surface area contributed by atoms with Crippen molar-refractivity contribution in [3.8, 4) is 0 Å². The number of aryl methyl sites for hydroxylation is 2. The van der Waals surface area contributed by atoms with Crippen LogP contribution < -0.4 is 11.1 Å². The summed E-state index contributed by atoms with van der Waals surface area (Å²) >= 11 is 0. The Morgan fingerprint density at radius 3 is 2.43 bits per heavy atom. The van der Waals surface area contributed by atoms with Gasteiger partial charge in [-0.25, -0.2) is 15.0 Å². The van der Waals surface area contributed by atoms with Crippen LogP contribution >= 0.6 is 0 Å². The normalized spacial score (nSPS) is 11.2. The van der Waals surface area contributed by atoms with E-state index >= 15 is 0 Å². The van der Waals surface area contributed by atoms with E-state index in [0.717, 1.165) is 11.4 Å². The zero-order valence-corrected chi connectivity index (χ0v) is 12.0. The van der Waals surface area contributed by atoms with Crippen molar-refractivity contribution in [2.75, 3.05) is 11.9 Å². The Labute approximate surface area is 123 Å². The monoisotopic (exact) mass is 283 g/mol. The summed E-state index contributed by atoms with van der Waals surface area (Å²) in [5.41, 5.74) is 8.01. The molecule has 2 rings (SSSR count). The molecule has 3 N–H and O–H groups in total. The molecule has 1 aromatic heterocycles. The summed E-state index contributed by atoms with van der Waals surface area (Å²) in [7, 11) is 0. The number of carbonyl (C=O) groups excluding carboxylic acids is 1. The number of ketones is 1. The predicted octanol–water partition coefficient (Wildman–Crippen LogP) is 1.70. The first-order chi connectivity index (χ1) is 10.0. The maximum atomic E-state index is 11.9. The van der Waals surface area contributed by atoms with Gasteiger partial charge in [-0.2, -0.15) is 0 Å². The van der Waals surface area contributed by atoms with Crippen LogP contribution in [0.5, 0.6) is 0 Å². The number of anilines is 1. The molecule has 0 aliphatic carbocycles. The number of carbonyl (C=O) groups is 1. The summed E-state index contributed by atoms with van der Waals surface area (Å²) in [6, 6.07) is 10.8. The third-order valence-corrected chi connectivity index (χ3v) is 2.71. The average molecular weight is 283 g/mol. The zero-order chi connectivity index (χ0) is 15.2. The molecule has 1 aromatic carbocycles. The number of guanidine groups is 1. The number of hydrogen-bond acceptors (Lipinski definition) is 4. The van der Waals surface area contributed by atoms with Gasteiger partial charge in [-0.15, -0.1) is 0 Å². The number of rotatable bonds is 4. The van der Waals surface area contributed by atoms with Crippen molar-refractivity contribution in [1.29, 1.82) is 0 Å².